The van der Waals surface area contributed by atoms with E-state index in [0.717, 1.165) is 21.8 Å². The predicted molar refractivity (Wildman–Crippen MR) is 142 cm³/mol. The van der Waals surface area contributed by atoms with Crippen molar-refractivity contribution in [1.82, 2.24) is 5.32 Å². The lowest BCUT2D eigenvalue weighted by Crippen LogP contribution is -2.31. The zero-order valence-corrected chi connectivity index (χ0v) is 21.5. The quantitative estimate of drug-likeness (QED) is 0.445. The van der Waals surface area contributed by atoms with Gasteiger partial charge in [0.25, 0.3) is 11.8 Å². The summed E-state index contributed by atoms with van der Waals surface area (Å²) in [6.07, 6.45) is 2.51. The molecule has 2 amide bonds. The van der Waals surface area contributed by atoms with Crippen molar-refractivity contribution < 1.29 is 23.8 Å². The van der Waals surface area contributed by atoms with Crippen LogP contribution in [-0.4, -0.2) is 46.7 Å². The highest BCUT2D eigenvalue weighted by Crippen LogP contribution is 2.42. The molecule has 186 valence electrons. The number of methoxy groups -OCH3 is 3. The Bertz CT molecular complexity index is 1300. The summed E-state index contributed by atoms with van der Waals surface area (Å²) in [4.78, 5) is 28.9. The summed E-state index contributed by atoms with van der Waals surface area (Å²) in [5.41, 5.74) is 3.15. The second-order valence-corrected chi connectivity index (χ2v) is 9.21. The number of thioether (sulfide) groups is 1. The molecule has 1 N–H and O–H groups in total. The molecule has 0 aromatic heterocycles. The highest BCUT2D eigenvalue weighted by molar-refractivity contribution is 8.04. The summed E-state index contributed by atoms with van der Waals surface area (Å²) in [7, 11) is 6.53. The molecule has 0 aliphatic carbocycles. The normalized spacial score (nSPS) is 13.8. The van der Waals surface area contributed by atoms with E-state index >= 15 is 0 Å². The molecule has 0 spiro atoms. The lowest BCUT2D eigenvalue weighted by molar-refractivity contribution is -0.114. The number of nitrogens with zero attached hydrogens (tertiary/aromatic N) is 1. The maximum atomic E-state index is 13.0. The lowest BCUT2D eigenvalue weighted by Gasteiger charge is -2.27. The zero-order chi connectivity index (χ0) is 25.7. The molecule has 8 heteroatoms. The smallest absolute Gasteiger partial charge is 0.264 e. The van der Waals surface area contributed by atoms with Crippen LogP contribution in [0.5, 0.6) is 17.2 Å². The fourth-order valence-corrected chi connectivity index (χ4v) is 4.94. The molecule has 3 aromatic rings. The van der Waals surface area contributed by atoms with Crippen molar-refractivity contribution in [3.05, 3.63) is 82.3 Å². The fraction of sp³-hybridized carbons (Fsp3) is 0.214. The lowest BCUT2D eigenvalue weighted by atomic mass is 10.1. The van der Waals surface area contributed by atoms with Crippen LogP contribution in [0.1, 0.15) is 21.5 Å². The number of likely N-dealkylation sites (N-methyl/N-ethyl adjacent to an activating group) is 1. The predicted octanol–water partition coefficient (Wildman–Crippen LogP) is 4.79. The van der Waals surface area contributed by atoms with Crippen LogP contribution in [-0.2, 0) is 11.2 Å². The van der Waals surface area contributed by atoms with Gasteiger partial charge in [0.05, 0.1) is 31.9 Å². The van der Waals surface area contributed by atoms with Crippen molar-refractivity contribution in [2.75, 3.05) is 39.8 Å². The molecule has 0 saturated heterocycles. The Morgan fingerprint density at radius 3 is 2.39 bits per heavy atom. The van der Waals surface area contributed by atoms with Crippen LogP contribution in [0.3, 0.4) is 0 Å². The maximum Gasteiger partial charge on any atom is 0.264 e. The van der Waals surface area contributed by atoms with Crippen molar-refractivity contribution in [2.24, 2.45) is 0 Å². The number of carbonyl (C=O) groups excluding carboxylic acids is 2. The van der Waals surface area contributed by atoms with Gasteiger partial charge in [0.1, 0.15) is 5.75 Å². The zero-order valence-electron chi connectivity index (χ0n) is 20.7. The van der Waals surface area contributed by atoms with Gasteiger partial charge in [-0.1, -0.05) is 30.0 Å². The summed E-state index contributed by atoms with van der Waals surface area (Å²) in [5, 5.41) is 2.95. The van der Waals surface area contributed by atoms with E-state index in [0.29, 0.717) is 40.6 Å². The van der Waals surface area contributed by atoms with Gasteiger partial charge in [-0.05, 0) is 66.1 Å². The highest BCUT2D eigenvalue weighted by atomic mass is 32.2. The van der Waals surface area contributed by atoms with Crippen molar-refractivity contribution in [3.8, 4) is 17.2 Å². The largest absolute Gasteiger partial charge is 0.497 e. The van der Waals surface area contributed by atoms with Gasteiger partial charge >= 0.3 is 0 Å². The highest BCUT2D eigenvalue weighted by Gasteiger charge is 2.27. The van der Waals surface area contributed by atoms with Gasteiger partial charge in [0.2, 0.25) is 0 Å². The summed E-state index contributed by atoms with van der Waals surface area (Å²) in [6.45, 7) is 0.462. The number of rotatable bonds is 8. The molecular weight excluding hydrogens is 476 g/mol. The molecule has 1 heterocycles. The van der Waals surface area contributed by atoms with Gasteiger partial charge in [-0.2, -0.15) is 0 Å². The number of ether oxygens (including phenoxy) is 3. The molecule has 1 aliphatic rings. The van der Waals surface area contributed by atoms with Crippen LogP contribution in [0.2, 0.25) is 0 Å². The molecule has 4 rings (SSSR count). The molecule has 0 fully saturated rings. The van der Waals surface area contributed by atoms with Crippen molar-refractivity contribution in [3.63, 3.8) is 0 Å². The number of amides is 2. The van der Waals surface area contributed by atoms with Gasteiger partial charge in [-0.25, -0.2) is 0 Å². The third kappa shape index (κ3) is 5.49. The number of nitrogens with one attached hydrogen (secondary N) is 1. The van der Waals surface area contributed by atoms with E-state index in [1.165, 1.54) is 11.8 Å². The average Bonchev–Trinajstić information content (AvgIpc) is 2.91. The molecule has 0 bridgehead atoms. The average molecular weight is 505 g/mol. The Labute approximate surface area is 215 Å². The van der Waals surface area contributed by atoms with Gasteiger partial charge < -0.3 is 24.4 Å². The molecule has 0 unspecified atom stereocenters. The Hall–Kier alpha value is -3.91. The molecule has 0 saturated carbocycles. The van der Waals surface area contributed by atoms with Crippen LogP contribution in [0.4, 0.5) is 5.69 Å². The first kappa shape index (κ1) is 25.2. The van der Waals surface area contributed by atoms with Gasteiger partial charge in [-0.3, -0.25) is 9.59 Å². The monoisotopic (exact) mass is 504 g/mol. The van der Waals surface area contributed by atoms with E-state index in [4.69, 9.17) is 14.2 Å². The maximum absolute atomic E-state index is 13.0. The SMILES string of the molecule is COc1ccc(/C=C2\Sc3ccc(C(=O)NCCc4ccc(OC)c(OC)c4)cc3N(C)C2=O)cc1. The molecule has 0 radical (unpaired) electrons. The van der Waals surface area contributed by atoms with Crippen LogP contribution in [0.25, 0.3) is 6.08 Å². The minimum absolute atomic E-state index is 0.116. The third-order valence-electron chi connectivity index (χ3n) is 5.88. The first-order chi connectivity index (χ1) is 17.4. The summed E-state index contributed by atoms with van der Waals surface area (Å²) >= 11 is 1.40. The molecule has 3 aromatic carbocycles. The first-order valence-corrected chi connectivity index (χ1v) is 12.2. The summed E-state index contributed by atoms with van der Waals surface area (Å²) < 4.78 is 15.8. The number of hydrogen-bond donors (Lipinski definition) is 1. The standard InChI is InChI=1S/C28H28N2O5S/c1-30-22-17-20(27(31)29-14-13-19-7-11-23(34-3)24(15-19)35-4)8-12-25(22)36-26(28(30)32)16-18-5-9-21(33-2)10-6-18/h5-12,15-17H,13-14H2,1-4H3,(H,29,31)/b26-16-. The molecular formula is C28H28N2O5S. The fourth-order valence-electron chi connectivity index (χ4n) is 3.85. The number of anilines is 1. The molecule has 7 nitrogen and oxygen atoms in total. The second-order valence-electron chi connectivity index (χ2n) is 8.13. The van der Waals surface area contributed by atoms with E-state index in [-0.39, 0.29) is 11.8 Å². The molecule has 36 heavy (non-hydrogen) atoms. The Kier molecular flexibility index (Phi) is 7.85. The van der Waals surface area contributed by atoms with Crippen LogP contribution in [0.15, 0.2) is 70.5 Å². The van der Waals surface area contributed by atoms with Crippen molar-refractivity contribution in [2.45, 2.75) is 11.3 Å². The van der Waals surface area contributed by atoms with E-state index in [1.807, 2.05) is 54.6 Å². The Morgan fingerprint density at radius 1 is 0.944 bits per heavy atom. The molecule has 0 atom stereocenters. The van der Waals surface area contributed by atoms with Gasteiger partial charge in [-0.15, -0.1) is 0 Å². The second kappa shape index (κ2) is 11.2. The van der Waals surface area contributed by atoms with E-state index in [1.54, 1.807) is 45.4 Å². The Morgan fingerprint density at radius 2 is 1.69 bits per heavy atom. The van der Waals surface area contributed by atoms with Gasteiger partial charge in [0, 0.05) is 24.1 Å². The van der Waals surface area contributed by atoms with E-state index in [9.17, 15) is 9.59 Å². The van der Waals surface area contributed by atoms with E-state index < -0.39 is 0 Å². The first-order valence-electron chi connectivity index (χ1n) is 11.4. The van der Waals surface area contributed by atoms with Crippen LogP contribution >= 0.6 is 11.8 Å². The number of carbonyl (C=O) groups is 2. The molecule has 1 aliphatic heterocycles. The topological polar surface area (TPSA) is 77.1 Å². The Balaban J connectivity index is 1.43. The van der Waals surface area contributed by atoms with Crippen LogP contribution < -0.4 is 24.4 Å². The number of hydrogen-bond acceptors (Lipinski definition) is 6. The minimum atomic E-state index is -0.191. The van der Waals surface area contributed by atoms with Crippen molar-refractivity contribution >= 4 is 35.3 Å². The van der Waals surface area contributed by atoms with E-state index in [2.05, 4.69) is 5.32 Å². The van der Waals surface area contributed by atoms with Crippen LogP contribution in [0, 0.1) is 0 Å². The number of fused-ring (bicyclic) bond motifs is 1. The summed E-state index contributed by atoms with van der Waals surface area (Å²) in [6, 6.07) is 18.7. The van der Waals surface area contributed by atoms with Gasteiger partial charge in [0.15, 0.2) is 11.5 Å². The van der Waals surface area contributed by atoms with Crippen molar-refractivity contribution in [1.29, 1.82) is 0 Å². The summed E-state index contributed by atoms with van der Waals surface area (Å²) in [5.74, 6) is 1.77. The number of benzene rings is 3. The third-order valence-corrected chi connectivity index (χ3v) is 6.96. The minimum Gasteiger partial charge on any atom is -0.497 e.